The van der Waals surface area contributed by atoms with Gasteiger partial charge in [-0.05, 0) is 19.8 Å². The van der Waals surface area contributed by atoms with Crippen molar-refractivity contribution in [2.75, 3.05) is 0 Å². The van der Waals surface area contributed by atoms with E-state index in [1.807, 2.05) is 6.92 Å². The predicted octanol–water partition coefficient (Wildman–Crippen LogP) is 2.43. The summed E-state index contributed by atoms with van der Waals surface area (Å²) in [6, 6.07) is 0. The number of nitrogens with zero attached hydrogens (tertiary/aromatic N) is 2. The van der Waals surface area contributed by atoms with Gasteiger partial charge in [0.1, 0.15) is 5.41 Å². The van der Waals surface area contributed by atoms with Crippen molar-refractivity contribution in [2.45, 2.75) is 50.5 Å². The van der Waals surface area contributed by atoms with Crippen LogP contribution >= 0.6 is 0 Å². The highest BCUT2D eigenvalue weighted by Gasteiger charge is 2.50. The molecule has 0 unspecified atom stereocenters. The number of hydrogen-bond acceptors (Lipinski definition) is 2. The van der Waals surface area contributed by atoms with Gasteiger partial charge in [-0.1, -0.05) is 0 Å². The third-order valence-corrected chi connectivity index (χ3v) is 3.79. The fraction of sp³-hybridized carbons (Fsp3) is 0.667. The minimum atomic E-state index is -2.74. The van der Waals surface area contributed by atoms with Gasteiger partial charge in [-0.3, -0.25) is 4.79 Å². The molecule has 100 valence electrons. The molecule has 0 saturated heterocycles. The lowest BCUT2D eigenvalue weighted by Crippen LogP contribution is -2.44. The normalized spacial score (nSPS) is 21.7. The molecule has 4 nitrogen and oxygen atoms in total. The van der Waals surface area contributed by atoms with E-state index < -0.39 is 17.3 Å². The third-order valence-electron chi connectivity index (χ3n) is 3.79. The Hall–Kier alpha value is -1.46. The van der Waals surface area contributed by atoms with Crippen LogP contribution in [0.25, 0.3) is 0 Å². The van der Waals surface area contributed by atoms with E-state index in [0.717, 1.165) is 0 Å². The van der Waals surface area contributed by atoms with Crippen molar-refractivity contribution in [1.82, 2.24) is 9.55 Å². The molecule has 0 amide bonds. The van der Waals surface area contributed by atoms with Crippen molar-refractivity contribution in [3.05, 3.63) is 18.2 Å². The van der Waals surface area contributed by atoms with Crippen molar-refractivity contribution in [2.24, 2.45) is 0 Å². The lowest BCUT2D eigenvalue weighted by Gasteiger charge is -2.36. The fourth-order valence-corrected chi connectivity index (χ4v) is 2.59. The summed E-state index contributed by atoms with van der Waals surface area (Å²) in [5.74, 6) is -3.77. The zero-order valence-corrected chi connectivity index (χ0v) is 10.2. The highest BCUT2D eigenvalue weighted by molar-refractivity contribution is 5.81. The SMILES string of the molecule is CCn1cncc1C1(C(=O)O)CCC(F)(F)CC1. The van der Waals surface area contributed by atoms with Crippen LogP contribution in [0.5, 0.6) is 0 Å². The van der Waals surface area contributed by atoms with Crippen LogP contribution in [-0.2, 0) is 16.8 Å². The second-order valence-corrected chi connectivity index (χ2v) is 4.81. The van der Waals surface area contributed by atoms with E-state index >= 15 is 0 Å². The number of halogens is 2. The highest BCUT2D eigenvalue weighted by atomic mass is 19.3. The second-order valence-electron chi connectivity index (χ2n) is 4.81. The maximum absolute atomic E-state index is 13.2. The van der Waals surface area contributed by atoms with Crippen LogP contribution in [0.1, 0.15) is 38.3 Å². The topological polar surface area (TPSA) is 55.1 Å². The number of carboxylic acid groups (broad SMARTS) is 1. The summed E-state index contributed by atoms with van der Waals surface area (Å²) in [4.78, 5) is 15.5. The van der Waals surface area contributed by atoms with Gasteiger partial charge in [-0.2, -0.15) is 0 Å². The van der Waals surface area contributed by atoms with Gasteiger partial charge in [0, 0.05) is 25.6 Å². The zero-order valence-electron chi connectivity index (χ0n) is 10.2. The average Bonchev–Trinajstić information content (AvgIpc) is 2.77. The van der Waals surface area contributed by atoms with Crippen molar-refractivity contribution >= 4 is 5.97 Å². The van der Waals surface area contributed by atoms with E-state index in [2.05, 4.69) is 4.98 Å². The standard InChI is InChI=1S/C12H16F2N2O2/c1-2-16-8-15-7-9(16)11(10(17)18)3-5-12(13,14)6-4-11/h7-8H,2-6H2,1H3,(H,17,18). The first kappa shape index (κ1) is 13.0. The van der Waals surface area contributed by atoms with Crippen LogP contribution in [0, 0.1) is 0 Å². The molecule has 1 saturated carbocycles. The lowest BCUT2D eigenvalue weighted by atomic mass is 9.70. The molecule has 1 aromatic heterocycles. The predicted molar refractivity (Wildman–Crippen MR) is 60.6 cm³/mol. The van der Waals surface area contributed by atoms with Crippen LogP contribution in [0.2, 0.25) is 0 Å². The Morgan fingerprint density at radius 3 is 2.56 bits per heavy atom. The number of aryl methyl sites for hydroxylation is 1. The van der Waals surface area contributed by atoms with Crippen molar-refractivity contribution in [3.8, 4) is 0 Å². The van der Waals surface area contributed by atoms with Gasteiger partial charge in [0.25, 0.3) is 0 Å². The van der Waals surface area contributed by atoms with Gasteiger partial charge >= 0.3 is 5.97 Å². The number of rotatable bonds is 3. The number of carbonyl (C=O) groups is 1. The summed E-state index contributed by atoms with van der Waals surface area (Å²) in [7, 11) is 0. The Morgan fingerprint density at radius 2 is 2.06 bits per heavy atom. The first-order valence-electron chi connectivity index (χ1n) is 6.03. The Kier molecular flexibility index (Phi) is 3.12. The molecule has 1 heterocycles. The second kappa shape index (κ2) is 4.33. The van der Waals surface area contributed by atoms with Crippen molar-refractivity contribution in [1.29, 1.82) is 0 Å². The van der Waals surface area contributed by atoms with Gasteiger partial charge in [-0.15, -0.1) is 0 Å². The highest BCUT2D eigenvalue weighted by Crippen LogP contribution is 2.45. The van der Waals surface area contributed by atoms with E-state index in [4.69, 9.17) is 0 Å². The number of alkyl halides is 2. The largest absolute Gasteiger partial charge is 0.481 e. The minimum absolute atomic E-state index is 0.0406. The lowest BCUT2D eigenvalue weighted by molar-refractivity contribution is -0.149. The molecule has 0 aliphatic heterocycles. The smallest absolute Gasteiger partial charge is 0.315 e. The molecule has 0 spiro atoms. The van der Waals surface area contributed by atoms with E-state index in [9.17, 15) is 18.7 Å². The van der Waals surface area contributed by atoms with Crippen molar-refractivity contribution in [3.63, 3.8) is 0 Å². The molecule has 0 aromatic carbocycles. The first-order chi connectivity index (χ1) is 8.41. The van der Waals surface area contributed by atoms with Crippen LogP contribution in [-0.4, -0.2) is 26.5 Å². The number of carboxylic acids is 1. The summed E-state index contributed by atoms with van der Waals surface area (Å²) in [5, 5.41) is 9.46. The van der Waals surface area contributed by atoms with E-state index in [0.29, 0.717) is 12.2 Å². The maximum atomic E-state index is 13.2. The number of hydrogen-bond donors (Lipinski definition) is 1. The molecule has 0 atom stereocenters. The van der Waals surface area contributed by atoms with Crippen LogP contribution in [0.4, 0.5) is 8.78 Å². The summed E-state index contributed by atoms with van der Waals surface area (Å²) in [6.45, 7) is 2.46. The van der Waals surface area contributed by atoms with E-state index in [-0.39, 0.29) is 25.7 Å². The molecular formula is C12H16F2N2O2. The van der Waals surface area contributed by atoms with Gasteiger partial charge < -0.3 is 9.67 Å². The van der Waals surface area contributed by atoms with Gasteiger partial charge in [-0.25, -0.2) is 13.8 Å². The molecule has 1 aromatic rings. The molecule has 18 heavy (non-hydrogen) atoms. The number of imidazole rings is 1. The monoisotopic (exact) mass is 258 g/mol. The van der Waals surface area contributed by atoms with Gasteiger partial charge in [0.15, 0.2) is 0 Å². The first-order valence-corrected chi connectivity index (χ1v) is 6.03. The molecule has 1 aliphatic rings. The summed E-state index contributed by atoms with van der Waals surface area (Å²) >= 11 is 0. The number of aliphatic carboxylic acids is 1. The summed E-state index contributed by atoms with van der Waals surface area (Å²) < 4.78 is 28.2. The minimum Gasteiger partial charge on any atom is -0.481 e. The molecule has 0 radical (unpaired) electrons. The average molecular weight is 258 g/mol. The molecule has 2 rings (SSSR count). The van der Waals surface area contributed by atoms with Gasteiger partial charge in [0.2, 0.25) is 5.92 Å². The summed E-state index contributed by atoms with van der Waals surface area (Å²) in [5.41, 5.74) is -0.679. The Bertz CT molecular complexity index is 447. The van der Waals surface area contributed by atoms with Gasteiger partial charge in [0.05, 0.1) is 12.0 Å². The molecule has 1 fully saturated rings. The van der Waals surface area contributed by atoms with Crippen LogP contribution in [0.3, 0.4) is 0 Å². The maximum Gasteiger partial charge on any atom is 0.315 e. The van der Waals surface area contributed by atoms with Crippen molar-refractivity contribution < 1.29 is 18.7 Å². The number of aromatic nitrogens is 2. The van der Waals surface area contributed by atoms with Crippen LogP contribution in [0.15, 0.2) is 12.5 Å². The molecule has 1 N–H and O–H groups in total. The quantitative estimate of drug-likeness (QED) is 0.906. The Morgan fingerprint density at radius 1 is 1.44 bits per heavy atom. The Labute approximate surface area is 104 Å². The van der Waals surface area contributed by atoms with Crippen LogP contribution < -0.4 is 0 Å². The fourth-order valence-electron chi connectivity index (χ4n) is 2.59. The third kappa shape index (κ3) is 2.00. The van der Waals surface area contributed by atoms with E-state index in [1.165, 1.54) is 6.20 Å². The Balaban J connectivity index is 2.38. The molecule has 1 aliphatic carbocycles. The zero-order chi connectivity index (χ0) is 13.4. The van der Waals surface area contributed by atoms with E-state index in [1.54, 1.807) is 10.9 Å². The molecule has 6 heteroatoms. The molecule has 0 bridgehead atoms. The molecular weight excluding hydrogens is 242 g/mol. The summed E-state index contributed by atoms with van der Waals surface area (Å²) in [6.07, 6.45) is 2.19.